The van der Waals surface area contributed by atoms with Crippen molar-refractivity contribution in [2.24, 2.45) is 0 Å². The van der Waals surface area contributed by atoms with Gasteiger partial charge in [0.1, 0.15) is 0 Å². The number of benzene rings is 1. The fraction of sp³-hybridized carbons (Fsp3) is 0. The van der Waals surface area contributed by atoms with Gasteiger partial charge in [-0.3, -0.25) is 0 Å². The molecule has 0 saturated carbocycles. The molecule has 0 spiro atoms. The normalized spacial score (nSPS) is 7.56. The van der Waals surface area contributed by atoms with Crippen molar-refractivity contribution in [2.75, 3.05) is 0 Å². The summed E-state index contributed by atoms with van der Waals surface area (Å²) in [5.41, 5.74) is 1.17. The maximum absolute atomic E-state index is 3.63. The van der Waals surface area contributed by atoms with Crippen molar-refractivity contribution in [3.63, 3.8) is 0 Å². The third kappa shape index (κ3) is 3.00. The topological polar surface area (TPSA) is 0 Å². The molecule has 1 aromatic rings. The van der Waals surface area contributed by atoms with Gasteiger partial charge in [0.15, 0.2) is 0 Å². The van der Waals surface area contributed by atoms with E-state index in [4.69, 9.17) is 0 Å². The van der Waals surface area contributed by atoms with Crippen molar-refractivity contribution < 1.29 is 35.6 Å². The largest absolute Gasteiger partial charge is 0.0985 e. The molecule has 1 radical (unpaired) electrons. The Kier molecular flexibility index (Phi) is 5.07. The molecule has 43 valence electrons. The Bertz CT molecular complexity index is 167. The van der Waals surface area contributed by atoms with E-state index >= 15 is 0 Å². The standard InChI is InChI=1S/C8H8.La/c1-2-8-6-4-3-5-7-8;/h2-7H,1H2;. The van der Waals surface area contributed by atoms with Gasteiger partial charge in [0, 0.05) is 35.6 Å². The Balaban J connectivity index is 0.000000640. The monoisotopic (exact) mass is 243 g/mol. The van der Waals surface area contributed by atoms with Crippen LogP contribution in [-0.4, -0.2) is 0 Å². The second-order valence-electron chi connectivity index (χ2n) is 1.61. The van der Waals surface area contributed by atoms with E-state index in [2.05, 4.69) is 6.58 Å². The zero-order valence-electron chi connectivity index (χ0n) is 5.25. The minimum atomic E-state index is 0. The maximum Gasteiger partial charge on any atom is 0 e. The molecule has 0 bridgehead atoms. The third-order valence-electron chi connectivity index (χ3n) is 1.04. The van der Waals surface area contributed by atoms with E-state index in [0.717, 1.165) is 0 Å². The van der Waals surface area contributed by atoms with Crippen LogP contribution in [0.4, 0.5) is 0 Å². The second-order valence-corrected chi connectivity index (χ2v) is 1.61. The van der Waals surface area contributed by atoms with E-state index in [1.165, 1.54) is 5.56 Å². The first-order valence-electron chi connectivity index (χ1n) is 2.61. The summed E-state index contributed by atoms with van der Waals surface area (Å²) in [6.07, 6.45) is 1.83. The summed E-state index contributed by atoms with van der Waals surface area (Å²) in [6, 6.07) is 10.0. The SMILES string of the molecule is C=Cc1ccccc1.[La]. The first kappa shape index (κ1) is 9.15. The average Bonchev–Trinajstić information content (AvgIpc) is 1.90. The van der Waals surface area contributed by atoms with Crippen LogP contribution in [0.5, 0.6) is 0 Å². The summed E-state index contributed by atoms with van der Waals surface area (Å²) in [6.45, 7) is 3.63. The molecule has 0 aliphatic carbocycles. The number of hydrogen-bond acceptors (Lipinski definition) is 0. The predicted molar refractivity (Wildman–Crippen MR) is 36.5 cm³/mol. The van der Waals surface area contributed by atoms with Gasteiger partial charge in [-0.15, -0.1) is 0 Å². The second kappa shape index (κ2) is 4.98. The first-order valence-corrected chi connectivity index (χ1v) is 2.61. The van der Waals surface area contributed by atoms with Gasteiger partial charge < -0.3 is 0 Å². The van der Waals surface area contributed by atoms with Crippen molar-refractivity contribution in [3.8, 4) is 0 Å². The Morgan fingerprint density at radius 1 is 1.11 bits per heavy atom. The number of hydrogen-bond donors (Lipinski definition) is 0. The maximum atomic E-state index is 3.63. The Labute approximate surface area is 83.6 Å². The van der Waals surface area contributed by atoms with Crippen LogP contribution in [0.2, 0.25) is 0 Å². The van der Waals surface area contributed by atoms with Crippen molar-refractivity contribution >= 4 is 6.08 Å². The van der Waals surface area contributed by atoms with Crippen molar-refractivity contribution in [1.82, 2.24) is 0 Å². The fourth-order valence-electron chi connectivity index (χ4n) is 0.589. The molecule has 0 amide bonds. The summed E-state index contributed by atoms with van der Waals surface area (Å²) >= 11 is 0. The van der Waals surface area contributed by atoms with Gasteiger partial charge in [-0.1, -0.05) is 43.0 Å². The molecule has 1 rings (SSSR count). The van der Waals surface area contributed by atoms with Crippen LogP contribution in [-0.2, 0) is 0 Å². The number of rotatable bonds is 1. The van der Waals surface area contributed by atoms with E-state index in [-0.39, 0.29) is 35.6 Å². The summed E-state index contributed by atoms with van der Waals surface area (Å²) in [4.78, 5) is 0. The fourth-order valence-corrected chi connectivity index (χ4v) is 0.589. The van der Waals surface area contributed by atoms with Crippen LogP contribution in [0.3, 0.4) is 0 Å². The molecule has 9 heavy (non-hydrogen) atoms. The molecule has 0 aliphatic heterocycles. The Morgan fingerprint density at radius 2 is 1.67 bits per heavy atom. The quantitative estimate of drug-likeness (QED) is 0.710. The molecule has 0 nitrogen and oxygen atoms in total. The van der Waals surface area contributed by atoms with Gasteiger partial charge in [0.25, 0.3) is 0 Å². The molecular weight excluding hydrogens is 235 g/mol. The Morgan fingerprint density at radius 3 is 2.00 bits per heavy atom. The van der Waals surface area contributed by atoms with Crippen LogP contribution in [0.15, 0.2) is 36.9 Å². The average molecular weight is 243 g/mol. The van der Waals surface area contributed by atoms with Crippen LogP contribution < -0.4 is 0 Å². The molecule has 1 aromatic carbocycles. The van der Waals surface area contributed by atoms with Gasteiger partial charge in [0.2, 0.25) is 0 Å². The smallest absolute Gasteiger partial charge is 0 e. The van der Waals surface area contributed by atoms with E-state index in [0.29, 0.717) is 0 Å². The van der Waals surface area contributed by atoms with Crippen LogP contribution in [0, 0.1) is 35.6 Å². The van der Waals surface area contributed by atoms with Gasteiger partial charge in [0.05, 0.1) is 0 Å². The molecule has 0 N–H and O–H groups in total. The summed E-state index contributed by atoms with van der Waals surface area (Å²) in [5, 5.41) is 0. The Hall–Kier alpha value is 0.155. The molecule has 0 fully saturated rings. The van der Waals surface area contributed by atoms with E-state index in [9.17, 15) is 0 Å². The van der Waals surface area contributed by atoms with Gasteiger partial charge in [-0.25, -0.2) is 0 Å². The van der Waals surface area contributed by atoms with E-state index < -0.39 is 0 Å². The third-order valence-corrected chi connectivity index (χ3v) is 1.04. The molecular formula is C8H8La. The zero-order valence-corrected chi connectivity index (χ0v) is 8.87. The molecule has 0 aliphatic rings. The molecule has 0 aromatic heterocycles. The van der Waals surface area contributed by atoms with Crippen LogP contribution >= 0.6 is 0 Å². The van der Waals surface area contributed by atoms with Gasteiger partial charge in [-0.05, 0) is 5.56 Å². The van der Waals surface area contributed by atoms with Crippen LogP contribution in [0.25, 0.3) is 6.08 Å². The molecule has 0 atom stereocenters. The van der Waals surface area contributed by atoms with E-state index in [1.54, 1.807) is 0 Å². The van der Waals surface area contributed by atoms with Crippen molar-refractivity contribution in [3.05, 3.63) is 42.5 Å². The molecule has 1 heteroatoms. The van der Waals surface area contributed by atoms with Gasteiger partial charge in [-0.2, -0.15) is 0 Å². The summed E-state index contributed by atoms with van der Waals surface area (Å²) < 4.78 is 0. The van der Waals surface area contributed by atoms with E-state index in [1.807, 2.05) is 36.4 Å². The van der Waals surface area contributed by atoms with Crippen molar-refractivity contribution in [2.45, 2.75) is 0 Å². The minimum Gasteiger partial charge on any atom is -0.0985 e. The zero-order chi connectivity index (χ0) is 5.82. The molecule has 0 heterocycles. The summed E-state index contributed by atoms with van der Waals surface area (Å²) in [7, 11) is 0. The summed E-state index contributed by atoms with van der Waals surface area (Å²) in [5.74, 6) is 0. The van der Waals surface area contributed by atoms with Crippen LogP contribution in [0.1, 0.15) is 5.56 Å². The van der Waals surface area contributed by atoms with Gasteiger partial charge >= 0.3 is 0 Å². The minimum absolute atomic E-state index is 0. The van der Waals surface area contributed by atoms with Crippen molar-refractivity contribution in [1.29, 1.82) is 0 Å². The first-order chi connectivity index (χ1) is 3.93. The molecule has 0 saturated heterocycles. The predicted octanol–water partition coefficient (Wildman–Crippen LogP) is 2.33. The molecule has 0 unspecified atom stereocenters.